The van der Waals surface area contributed by atoms with Crippen LogP contribution in [-0.4, -0.2) is 11.2 Å². The molecule has 1 saturated heterocycles. The Morgan fingerprint density at radius 3 is 2.19 bits per heavy atom. The quantitative estimate of drug-likeness (QED) is 0.596. The Kier molecular flexibility index (Phi) is 3.85. The number of β-lactam (4-membered cyclic amide) rings is 1. The highest BCUT2D eigenvalue weighted by Gasteiger charge is 2.57. The van der Waals surface area contributed by atoms with Gasteiger partial charge in [-0.15, -0.1) is 0 Å². The van der Waals surface area contributed by atoms with Crippen molar-refractivity contribution in [2.24, 2.45) is 5.92 Å². The van der Waals surface area contributed by atoms with E-state index in [1.807, 2.05) is 53.4 Å². The molecule has 2 unspecified atom stereocenters. The number of carbonyl (C=O) groups is 1. The molecule has 0 N–H and O–H groups in total. The molecule has 2 atom stereocenters. The van der Waals surface area contributed by atoms with Gasteiger partial charge in [-0.25, -0.2) is 0 Å². The molecule has 2 nitrogen and oxygen atoms in total. The van der Waals surface area contributed by atoms with E-state index < -0.39 is 0 Å². The summed E-state index contributed by atoms with van der Waals surface area (Å²) in [5, 5.41) is 0.842. The molecule has 0 bridgehead atoms. The number of hydrogen-bond acceptors (Lipinski definition) is 1. The number of benzene rings is 2. The van der Waals surface area contributed by atoms with Gasteiger partial charge in [0.2, 0.25) is 5.91 Å². The Labute approximate surface area is 133 Å². The molecular formula is C18H18BrNO. The van der Waals surface area contributed by atoms with Gasteiger partial charge in [0.15, 0.2) is 0 Å². The highest BCUT2D eigenvalue weighted by atomic mass is 79.9. The fourth-order valence-corrected chi connectivity index (χ4v) is 3.76. The molecule has 1 amide bonds. The number of amides is 1. The Balaban J connectivity index is 2.05. The van der Waals surface area contributed by atoms with E-state index in [9.17, 15) is 4.79 Å². The SMILES string of the molecule is CC1(c2ccccc2)C(CCBr)C(=O)N1c1ccccc1. The zero-order chi connectivity index (χ0) is 14.9. The summed E-state index contributed by atoms with van der Waals surface area (Å²) in [5.41, 5.74) is 1.90. The summed E-state index contributed by atoms with van der Waals surface area (Å²) in [6.07, 6.45) is 0.855. The monoisotopic (exact) mass is 343 g/mol. The van der Waals surface area contributed by atoms with Gasteiger partial charge >= 0.3 is 0 Å². The van der Waals surface area contributed by atoms with Crippen molar-refractivity contribution in [3.63, 3.8) is 0 Å². The van der Waals surface area contributed by atoms with Gasteiger partial charge in [-0.1, -0.05) is 64.5 Å². The van der Waals surface area contributed by atoms with Crippen LogP contribution in [0, 0.1) is 5.92 Å². The molecule has 1 aliphatic rings. The van der Waals surface area contributed by atoms with E-state index in [2.05, 4.69) is 35.0 Å². The van der Waals surface area contributed by atoms with E-state index >= 15 is 0 Å². The third kappa shape index (κ3) is 2.20. The Hall–Kier alpha value is -1.61. The van der Waals surface area contributed by atoms with Crippen LogP contribution >= 0.6 is 15.9 Å². The average molecular weight is 344 g/mol. The van der Waals surface area contributed by atoms with E-state index in [1.165, 1.54) is 5.56 Å². The maximum atomic E-state index is 12.6. The van der Waals surface area contributed by atoms with Crippen molar-refractivity contribution in [1.29, 1.82) is 0 Å². The first-order valence-electron chi connectivity index (χ1n) is 7.20. The van der Waals surface area contributed by atoms with E-state index in [-0.39, 0.29) is 17.4 Å². The minimum absolute atomic E-state index is 0.0273. The summed E-state index contributed by atoms with van der Waals surface area (Å²) < 4.78 is 0. The molecule has 0 spiro atoms. The fourth-order valence-electron chi connectivity index (χ4n) is 3.31. The highest BCUT2D eigenvalue weighted by molar-refractivity contribution is 9.09. The van der Waals surface area contributed by atoms with Crippen LogP contribution in [0.25, 0.3) is 0 Å². The van der Waals surface area contributed by atoms with Crippen LogP contribution in [0.3, 0.4) is 0 Å². The topological polar surface area (TPSA) is 20.3 Å². The van der Waals surface area contributed by atoms with Gasteiger partial charge in [0, 0.05) is 11.0 Å². The van der Waals surface area contributed by atoms with Crippen molar-refractivity contribution >= 4 is 27.5 Å². The predicted octanol–water partition coefficient (Wildman–Crippen LogP) is 4.35. The largest absolute Gasteiger partial charge is 0.301 e. The molecule has 1 aliphatic heterocycles. The lowest BCUT2D eigenvalue weighted by molar-refractivity contribution is -0.135. The molecule has 3 rings (SSSR count). The second kappa shape index (κ2) is 5.64. The summed E-state index contributed by atoms with van der Waals surface area (Å²) in [6, 6.07) is 20.3. The van der Waals surface area contributed by atoms with E-state index in [4.69, 9.17) is 0 Å². The van der Waals surface area contributed by atoms with Gasteiger partial charge < -0.3 is 4.90 Å². The summed E-state index contributed by atoms with van der Waals surface area (Å²) in [4.78, 5) is 14.6. The second-order valence-corrected chi connectivity index (χ2v) is 6.35. The summed E-state index contributed by atoms with van der Waals surface area (Å²) in [7, 11) is 0. The molecule has 2 aromatic rings. The molecule has 1 heterocycles. The Bertz CT molecular complexity index is 628. The van der Waals surface area contributed by atoms with Crippen LogP contribution < -0.4 is 4.90 Å². The number of halogens is 1. The zero-order valence-electron chi connectivity index (χ0n) is 12.0. The molecule has 108 valence electrons. The zero-order valence-corrected chi connectivity index (χ0v) is 13.6. The van der Waals surface area contributed by atoms with E-state index in [0.29, 0.717) is 0 Å². The smallest absolute Gasteiger partial charge is 0.233 e. The number of rotatable bonds is 4. The summed E-state index contributed by atoms with van der Waals surface area (Å²) in [5.74, 6) is 0.242. The maximum Gasteiger partial charge on any atom is 0.233 e. The van der Waals surface area contributed by atoms with E-state index in [0.717, 1.165) is 17.4 Å². The summed E-state index contributed by atoms with van der Waals surface area (Å²) >= 11 is 3.48. The lowest BCUT2D eigenvalue weighted by Gasteiger charge is -2.56. The first-order valence-corrected chi connectivity index (χ1v) is 8.32. The standard InChI is InChI=1S/C18H18BrNO/c1-18(14-8-4-2-5-9-14)16(12-13-19)17(21)20(18)15-10-6-3-7-11-15/h2-11,16H,12-13H2,1H3. The number of para-hydroxylation sites is 1. The Morgan fingerprint density at radius 2 is 1.62 bits per heavy atom. The van der Waals surface area contributed by atoms with Crippen LogP contribution in [-0.2, 0) is 10.3 Å². The van der Waals surface area contributed by atoms with Crippen molar-refractivity contribution in [3.05, 3.63) is 66.2 Å². The van der Waals surface area contributed by atoms with Gasteiger partial charge in [-0.3, -0.25) is 4.79 Å². The summed E-state index contributed by atoms with van der Waals surface area (Å²) in [6.45, 7) is 2.17. The minimum Gasteiger partial charge on any atom is -0.301 e. The van der Waals surface area contributed by atoms with Crippen LogP contribution in [0.1, 0.15) is 18.9 Å². The van der Waals surface area contributed by atoms with Crippen molar-refractivity contribution in [1.82, 2.24) is 0 Å². The van der Waals surface area contributed by atoms with Gasteiger partial charge in [0.1, 0.15) is 0 Å². The number of carbonyl (C=O) groups excluding carboxylic acids is 1. The average Bonchev–Trinajstić information content (AvgIpc) is 2.54. The normalized spacial score (nSPS) is 24.8. The van der Waals surface area contributed by atoms with Gasteiger partial charge in [-0.05, 0) is 31.0 Å². The van der Waals surface area contributed by atoms with Crippen molar-refractivity contribution in [2.75, 3.05) is 10.2 Å². The van der Waals surface area contributed by atoms with Gasteiger partial charge in [0.25, 0.3) is 0 Å². The van der Waals surface area contributed by atoms with Gasteiger partial charge in [-0.2, -0.15) is 0 Å². The molecule has 2 aromatic carbocycles. The van der Waals surface area contributed by atoms with Crippen molar-refractivity contribution in [3.8, 4) is 0 Å². The van der Waals surface area contributed by atoms with Crippen molar-refractivity contribution in [2.45, 2.75) is 18.9 Å². The number of nitrogens with zero attached hydrogens (tertiary/aromatic N) is 1. The third-order valence-electron chi connectivity index (χ3n) is 4.43. The van der Waals surface area contributed by atoms with Crippen LogP contribution in [0.5, 0.6) is 0 Å². The lowest BCUT2D eigenvalue weighted by atomic mass is 9.68. The molecule has 0 radical (unpaired) electrons. The number of anilines is 1. The van der Waals surface area contributed by atoms with Gasteiger partial charge in [0.05, 0.1) is 11.5 Å². The molecule has 1 fully saturated rings. The Morgan fingerprint density at radius 1 is 1.05 bits per heavy atom. The number of hydrogen-bond donors (Lipinski definition) is 0. The molecule has 0 aromatic heterocycles. The van der Waals surface area contributed by atoms with Crippen LogP contribution in [0.4, 0.5) is 5.69 Å². The molecule has 0 saturated carbocycles. The fraction of sp³-hybridized carbons (Fsp3) is 0.278. The van der Waals surface area contributed by atoms with Crippen molar-refractivity contribution < 1.29 is 4.79 Å². The number of alkyl halides is 1. The van der Waals surface area contributed by atoms with Crippen LogP contribution in [0.2, 0.25) is 0 Å². The first-order chi connectivity index (χ1) is 10.2. The molecular weight excluding hydrogens is 326 g/mol. The minimum atomic E-state index is -0.270. The molecule has 21 heavy (non-hydrogen) atoms. The molecule has 0 aliphatic carbocycles. The lowest BCUT2D eigenvalue weighted by Crippen LogP contribution is -2.67. The van der Waals surface area contributed by atoms with Crippen LogP contribution in [0.15, 0.2) is 60.7 Å². The maximum absolute atomic E-state index is 12.6. The highest BCUT2D eigenvalue weighted by Crippen LogP contribution is 2.50. The third-order valence-corrected chi connectivity index (χ3v) is 4.89. The van der Waals surface area contributed by atoms with E-state index in [1.54, 1.807) is 0 Å². The second-order valence-electron chi connectivity index (χ2n) is 5.55. The first kappa shape index (κ1) is 14.3. The predicted molar refractivity (Wildman–Crippen MR) is 89.6 cm³/mol. The molecule has 3 heteroatoms.